The molecule has 2 amide bonds. The standard InChI is InChI=1S/C29H32N6O5/c1-29(2,3)40-28(38)34-14-12-33(13-15-34)24-10-11-30-17-23(24)32-26(36)22-6-5-7-25(31-22)35-18-19-16-20(39-4)8-9-21(19)27(35)37/h5-11,16-18,37H,12-15H2,1-4H3,(H,32,36). The van der Waals surface area contributed by atoms with Crippen molar-refractivity contribution in [3.05, 3.63) is 66.7 Å². The third kappa shape index (κ3) is 5.63. The Morgan fingerprint density at radius 2 is 1.82 bits per heavy atom. The summed E-state index contributed by atoms with van der Waals surface area (Å²) in [5, 5.41) is 15.1. The Labute approximate surface area is 232 Å². The van der Waals surface area contributed by atoms with E-state index in [0.29, 0.717) is 48.8 Å². The zero-order valence-corrected chi connectivity index (χ0v) is 22.9. The van der Waals surface area contributed by atoms with Crippen LogP contribution < -0.4 is 15.0 Å². The summed E-state index contributed by atoms with van der Waals surface area (Å²) in [6, 6.07) is 12.2. The number of aromatic nitrogens is 3. The SMILES string of the molecule is COc1ccc2c(O)n(-c3cccc(C(=O)Nc4cnccc4N4CCN(C(=O)OC(C)(C)C)CC4)n3)cc2c1. The molecule has 1 fully saturated rings. The molecule has 1 aliphatic rings. The summed E-state index contributed by atoms with van der Waals surface area (Å²) in [7, 11) is 1.58. The van der Waals surface area contributed by atoms with E-state index in [4.69, 9.17) is 9.47 Å². The number of ether oxygens (including phenoxy) is 2. The predicted molar refractivity (Wildman–Crippen MR) is 151 cm³/mol. The number of pyridine rings is 2. The van der Waals surface area contributed by atoms with Gasteiger partial charge in [0.15, 0.2) is 0 Å². The summed E-state index contributed by atoms with van der Waals surface area (Å²) >= 11 is 0. The van der Waals surface area contributed by atoms with Gasteiger partial charge in [-0.1, -0.05) is 6.07 Å². The van der Waals surface area contributed by atoms with Crippen molar-refractivity contribution >= 4 is 34.1 Å². The number of hydrogen-bond donors (Lipinski definition) is 2. The Bertz CT molecular complexity index is 1550. The Kier molecular flexibility index (Phi) is 7.20. The number of rotatable bonds is 5. The number of amides is 2. The van der Waals surface area contributed by atoms with E-state index in [9.17, 15) is 14.7 Å². The molecular formula is C29H32N6O5. The maximum absolute atomic E-state index is 13.3. The fraction of sp³-hybridized carbons (Fsp3) is 0.310. The molecule has 2 N–H and O–H groups in total. The van der Waals surface area contributed by atoms with Crippen molar-refractivity contribution in [3.63, 3.8) is 0 Å². The topological polar surface area (TPSA) is 122 Å². The highest BCUT2D eigenvalue weighted by Gasteiger charge is 2.27. The average Bonchev–Trinajstić information content (AvgIpc) is 3.28. The molecule has 0 atom stereocenters. The number of aromatic hydroxyl groups is 1. The van der Waals surface area contributed by atoms with E-state index in [1.165, 1.54) is 4.57 Å². The Hall–Kier alpha value is -4.80. The van der Waals surface area contributed by atoms with Crippen LogP contribution in [0.3, 0.4) is 0 Å². The van der Waals surface area contributed by atoms with Crippen LogP contribution in [0.15, 0.2) is 61.1 Å². The smallest absolute Gasteiger partial charge is 0.410 e. The first-order valence-corrected chi connectivity index (χ1v) is 13.0. The minimum absolute atomic E-state index is 0.0165. The molecule has 0 aliphatic carbocycles. The molecule has 11 nitrogen and oxygen atoms in total. The van der Waals surface area contributed by atoms with Crippen LogP contribution in [-0.2, 0) is 4.74 Å². The van der Waals surface area contributed by atoms with Crippen LogP contribution >= 0.6 is 0 Å². The number of hydrogen-bond acceptors (Lipinski definition) is 8. The van der Waals surface area contributed by atoms with E-state index in [2.05, 4.69) is 20.2 Å². The molecule has 1 saturated heterocycles. The van der Waals surface area contributed by atoms with Gasteiger partial charge in [-0.25, -0.2) is 9.78 Å². The van der Waals surface area contributed by atoms with Crippen molar-refractivity contribution in [2.75, 3.05) is 43.5 Å². The summed E-state index contributed by atoms with van der Waals surface area (Å²) in [5.41, 5.74) is 0.957. The second kappa shape index (κ2) is 10.8. The van der Waals surface area contributed by atoms with E-state index < -0.39 is 11.5 Å². The third-order valence-electron chi connectivity index (χ3n) is 6.53. The minimum atomic E-state index is -0.552. The lowest BCUT2D eigenvalue weighted by atomic mass is 10.2. The number of fused-ring (bicyclic) bond motifs is 1. The van der Waals surface area contributed by atoms with Crippen LogP contribution in [-0.4, -0.2) is 75.4 Å². The first kappa shape index (κ1) is 26.8. The molecule has 0 saturated carbocycles. The van der Waals surface area contributed by atoms with Gasteiger partial charge in [0.25, 0.3) is 5.91 Å². The Morgan fingerprint density at radius 3 is 2.55 bits per heavy atom. The summed E-state index contributed by atoms with van der Waals surface area (Å²) in [5.74, 6) is 0.665. The lowest BCUT2D eigenvalue weighted by Crippen LogP contribution is -2.50. The molecule has 4 heterocycles. The number of anilines is 2. The van der Waals surface area contributed by atoms with Crippen molar-refractivity contribution in [2.24, 2.45) is 0 Å². The first-order valence-electron chi connectivity index (χ1n) is 13.0. The predicted octanol–water partition coefficient (Wildman–Crippen LogP) is 4.44. The molecule has 0 spiro atoms. The number of nitrogens with zero attached hydrogens (tertiary/aromatic N) is 5. The summed E-state index contributed by atoms with van der Waals surface area (Å²) in [6.45, 7) is 7.68. The Morgan fingerprint density at radius 1 is 1.05 bits per heavy atom. The molecular weight excluding hydrogens is 512 g/mol. The number of benzene rings is 1. The van der Waals surface area contributed by atoms with Gasteiger partial charge in [-0.15, -0.1) is 0 Å². The molecule has 0 bridgehead atoms. The fourth-order valence-electron chi connectivity index (χ4n) is 4.57. The number of methoxy groups -OCH3 is 1. The molecule has 208 valence electrons. The van der Waals surface area contributed by atoms with Crippen LogP contribution in [0.2, 0.25) is 0 Å². The van der Waals surface area contributed by atoms with Crippen molar-refractivity contribution in [2.45, 2.75) is 26.4 Å². The summed E-state index contributed by atoms with van der Waals surface area (Å²) < 4.78 is 12.3. The number of piperazine rings is 1. The molecule has 1 aliphatic heterocycles. The molecule has 11 heteroatoms. The van der Waals surface area contributed by atoms with Gasteiger partial charge in [-0.3, -0.25) is 14.3 Å². The molecule has 0 radical (unpaired) electrons. The second-order valence-corrected chi connectivity index (χ2v) is 10.5. The van der Waals surface area contributed by atoms with E-state index in [1.54, 1.807) is 60.9 Å². The van der Waals surface area contributed by atoms with Gasteiger partial charge in [0, 0.05) is 49.3 Å². The van der Waals surface area contributed by atoms with Gasteiger partial charge < -0.3 is 29.7 Å². The largest absolute Gasteiger partial charge is 0.497 e. The first-order chi connectivity index (χ1) is 19.1. The minimum Gasteiger partial charge on any atom is -0.497 e. The number of carbonyl (C=O) groups is 2. The maximum atomic E-state index is 13.3. The van der Waals surface area contributed by atoms with Crippen molar-refractivity contribution in [1.29, 1.82) is 0 Å². The van der Waals surface area contributed by atoms with Gasteiger partial charge in [-0.2, -0.15) is 0 Å². The second-order valence-electron chi connectivity index (χ2n) is 10.5. The molecule has 0 unspecified atom stereocenters. The summed E-state index contributed by atoms with van der Waals surface area (Å²) in [6.07, 6.45) is 4.67. The fourth-order valence-corrected chi connectivity index (χ4v) is 4.57. The maximum Gasteiger partial charge on any atom is 0.410 e. The van der Waals surface area contributed by atoms with Gasteiger partial charge in [0.05, 0.1) is 24.7 Å². The average molecular weight is 545 g/mol. The lowest BCUT2D eigenvalue weighted by molar-refractivity contribution is 0.0240. The molecule has 1 aromatic carbocycles. The van der Waals surface area contributed by atoms with E-state index in [1.807, 2.05) is 32.9 Å². The zero-order valence-electron chi connectivity index (χ0n) is 22.9. The van der Waals surface area contributed by atoms with E-state index in [-0.39, 0.29) is 17.7 Å². The quantitative estimate of drug-likeness (QED) is 0.378. The van der Waals surface area contributed by atoms with Crippen molar-refractivity contribution in [3.8, 4) is 17.4 Å². The molecule has 40 heavy (non-hydrogen) atoms. The van der Waals surface area contributed by atoms with E-state index >= 15 is 0 Å². The van der Waals surface area contributed by atoms with Crippen molar-refractivity contribution in [1.82, 2.24) is 19.4 Å². The monoisotopic (exact) mass is 544 g/mol. The lowest BCUT2D eigenvalue weighted by Gasteiger charge is -2.37. The molecule has 3 aromatic heterocycles. The third-order valence-corrected chi connectivity index (χ3v) is 6.53. The summed E-state index contributed by atoms with van der Waals surface area (Å²) in [4.78, 5) is 38.2. The van der Waals surface area contributed by atoms with Gasteiger partial charge >= 0.3 is 6.09 Å². The highest BCUT2D eigenvalue weighted by molar-refractivity contribution is 6.04. The van der Waals surface area contributed by atoms with Crippen LogP contribution in [0.4, 0.5) is 16.2 Å². The van der Waals surface area contributed by atoms with Crippen molar-refractivity contribution < 1.29 is 24.2 Å². The zero-order chi connectivity index (χ0) is 28.4. The van der Waals surface area contributed by atoms with Gasteiger partial charge in [0.1, 0.15) is 22.9 Å². The highest BCUT2D eigenvalue weighted by Crippen LogP contribution is 2.32. The highest BCUT2D eigenvalue weighted by atomic mass is 16.6. The van der Waals surface area contributed by atoms with Crippen LogP contribution in [0.1, 0.15) is 31.3 Å². The number of nitrogens with one attached hydrogen (secondary N) is 1. The molecule has 5 rings (SSSR count). The van der Waals surface area contributed by atoms with Crippen LogP contribution in [0.25, 0.3) is 16.6 Å². The number of carbonyl (C=O) groups excluding carboxylic acids is 2. The normalized spacial score (nSPS) is 13.8. The van der Waals surface area contributed by atoms with Gasteiger partial charge in [-0.05, 0) is 57.2 Å². The van der Waals surface area contributed by atoms with E-state index in [0.717, 1.165) is 11.1 Å². The van der Waals surface area contributed by atoms with Gasteiger partial charge in [0.2, 0.25) is 5.88 Å². The Balaban J connectivity index is 1.31. The van der Waals surface area contributed by atoms with Crippen LogP contribution in [0, 0.1) is 0 Å². The van der Waals surface area contributed by atoms with Crippen LogP contribution in [0.5, 0.6) is 11.6 Å². The molecule has 4 aromatic rings.